The molecule has 4 rings (SSSR count). The van der Waals surface area contributed by atoms with Crippen LogP contribution in [0.25, 0.3) is 0 Å². The van der Waals surface area contributed by atoms with Gasteiger partial charge in [0.05, 0.1) is 10.7 Å². The molecule has 24 heavy (non-hydrogen) atoms. The standard InChI is InChI=1S/C18H20ClN3O2/c1-12-20-15(24-21-12)7-8-16(23)22-11-18(9-2-3-10-18)13-5-4-6-14(19)17(13)22/h4-6H,2-3,7-11H2,1H3. The zero-order valence-electron chi connectivity index (χ0n) is 13.7. The first-order chi connectivity index (χ1) is 11.6. The van der Waals surface area contributed by atoms with Crippen LogP contribution in [0.3, 0.4) is 0 Å². The number of hydrogen-bond donors (Lipinski definition) is 0. The Hall–Kier alpha value is -1.88. The predicted molar refractivity (Wildman–Crippen MR) is 91.3 cm³/mol. The fourth-order valence-corrected chi connectivity index (χ4v) is 4.44. The zero-order chi connectivity index (χ0) is 16.7. The first-order valence-corrected chi connectivity index (χ1v) is 8.85. The van der Waals surface area contributed by atoms with Crippen molar-refractivity contribution in [3.05, 3.63) is 40.5 Å². The lowest BCUT2D eigenvalue weighted by molar-refractivity contribution is -0.118. The summed E-state index contributed by atoms with van der Waals surface area (Å²) in [6, 6.07) is 6.01. The summed E-state index contributed by atoms with van der Waals surface area (Å²) in [6.45, 7) is 2.52. The number of nitrogens with zero attached hydrogens (tertiary/aromatic N) is 3. The molecule has 6 heteroatoms. The molecule has 126 valence electrons. The molecule has 5 nitrogen and oxygen atoms in total. The van der Waals surface area contributed by atoms with Gasteiger partial charge >= 0.3 is 0 Å². The molecular formula is C18H20ClN3O2. The maximum Gasteiger partial charge on any atom is 0.227 e. The van der Waals surface area contributed by atoms with Gasteiger partial charge in [0.15, 0.2) is 5.82 Å². The highest BCUT2D eigenvalue weighted by atomic mass is 35.5. The van der Waals surface area contributed by atoms with Crippen LogP contribution in [0.5, 0.6) is 0 Å². The van der Waals surface area contributed by atoms with Crippen LogP contribution in [0.15, 0.2) is 22.7 Å². The SMILES string of the molecule is Cc1noc(CCC(=O)N2CC3(CCCC3)c3cccc(Cl)c32)n1. The van der Waals surface area contributed by atoms with E-state index >= 15 is 0 Å². The topological polar surface area (TPSA) is 59.2 Å². The number of aryl methyl sites for hydroxylation is 2. The van der Waals surface area contributed by atoms with E-state index in [1.165, 1.54) is 18.4 Å². The molecule has 1 saturated carbocycles. The summed E-state index contributed by atoms with van der Waals surface area (Å²) in [4.78, 5) is 18.9. The Bertz CT molecular complexity index is 780. The molecule has 1 spiro atoms. The van der Waals surface area contributed by atoms with Crippen LogP contribution in [0.4, 0.5) is 5.69 Å². The molecule has 0 radical (unpaired) electrons. The fraction of sp³-hybridized carbons (Fsp3) is 0.500. The van der Waals surface area contributed by atoms with Crippen molar-refractivity contribution in [3.8, 4) is 0 Å². The van der Waals surface area contributed by atoms with E-state index in [9.17, 15) is 4.79 Å². The summed E-state index contributed by atoms with van der Waals surface area (Å²) in [7, 11) is 0. The van der Waals surface area contributed by atoms with Gasteiger partial charge in [-0.25, -0.2) is 0 Å². The van der Waals surface area contributed by atoms with E-state index in [1.54, 1.807) is 6.92 Å². The van der Waals surface area contributed by atoms with E-state index < -0.39 is 0 Å². The van der Waals surface area contributed by atoms with E-state index in [0.717, 1.165) is 25.1 Å². The summed E-state index contributed by atoms with van der Waals surface area (Å²) in [6.07, 6.45) is 5.51. The van der Waals surface area contributed by atoms with Gasteiger partial charge in [0.25, 0.3) is 0 Å². The van der Waals surface area contributed by atoms with Gasteiger partial charge in [-0.15, -0.1) is 0 Å². The number of rotatable bonds is 3. The number of para-hydroxylation sites is 1. The lowest BCUT2D eigenvalue weighted by atomic mass is 9.81. The second kappa shape index (κ2) is 5.88. The summed E-state index contributed by atoms with van der Waals surface area (Å²) >= 11 is 6.46. The van der Waals surface area contributed by atoms with Gasteiger partial charge < -0.3 is 9.42 Å². The van der Waals surface area contributed by atoms with Crippen molar-refractivity contribution in [2.75, 3.05) is 11.4 Å². The Morgan fingerprint density at radius 3 is 2.88 bits per heavy atom. The predicted octanol–water partition coefficient (Wildman–Crippen LogP) is 3.82. The number of carbonyl (C=O) groups excluding carboxylic acids is 1. The van der Waals surface area contributed by atoms with E-state index in [2.05, 4.69) is 16.2 Å². The van der Waals surface area contributed by atoms with Crippen molar-refractivity contribution in [2.45, 2.75) is 50.9 Å². The largest absolute Gasteiger partial charge is 0.339 e. The molecule has 0 atom stereocenters. The minimum Gasteiger partial charge on any atom is -0.339 e. The van der Waals surface area contributed by atoms with Gasteiger partial charge in [-0.1, -0.05) is 41.7 Å². The normalized spacial score (nSPS) is 18.3. The first kappa shape index (κ1) is 15.6. The van der Waals surface area contributed by atoms with Gasteiger partial charge in [-0.05, 0) is 31.4 Å². The number of aromatic nitrogens is 2. The molecule has 2 aromatic rings. The van der Waals surface area contributed by atoms with E-state index in [0.29, 0.717) is 29.6 Å². The fourth-order valence-electron chi connectivity index (χ4n) is 4.17. The van der Waals surface area contributed by atoms with Crippen LogP contribution >= 0.6 is 11.6 Å². The second-order valence-electron chi connectivity index (χ2n) is 6.84. The van der Waals surface area contributed by atoms with E-state index in [4.69, 9.17) is 16.1 Å². The van der Waals surface area contributed by atoms with Crippen LogP contribution in [-0.2, 0) is 16.6 Å². The second-order valence-corrected chi connectivity index (χ2v) is 7.25. The minimum atomic E-state index is 0.0731. The smallest absolute Gasteiger partial charge is 0.227 e. The third kappa shape index (κ3) is 2.51. The third-order valence-electron chi connectivity index (χ3n) is 5.27. The number of anilines is 1. The number of benzene rings is 1. The Balaban J connectivity index is 1.58. The van der Waals surface area contributed by atoms with Gasteiger partial charge in [0.2, 0.25) is 11.8 Å². The van der Waals surface area contributed by atoms with Crippen LogP contribution < -0.4 is 4.90 Å². The number of halogens is 1. The zero-order valence-corrected chi connectivity index (χ0v) is 14.5. The lowest BCUT2D eigenvalue weighted by Gasteiger charge is -2.24. The summed E-state index contributed by atoms with van der Waals surface area (Å²) in [5.74, 6) is 1.18. The van der Waals surface area contributed by atoms with Crippen molar-refractivity contribution in [1.82, 2.24) is 10.1 Å². The highest BCUT2D eigenvalue weighted by Gasteiger charge is 2.46. The van der Waals surface area contributed by atoms with Crippen molar-refractivity contribution >= 4 is 23.2 Å². The molecule has 0 saturated heterocycles. The summed E-state index contributed by atoms with van der Waals surface area (Å²) < 4.78 is 5.11. The molecule has 0 unspecified atom stereocenters. The Labute approximate surface area is 146 Å². The highest BCUT2D eigenvalue weighted by molar-refractivity contribution is 6.34. The molecule has 0 bridgehead atoms. The molecular weight excluding hydrogens is 326 g/mol. The average Bonchev–Trinajstić information content (AvgIpc) is 3.27. The Morgan fingerprint density at radius 1 is 1.38 bits per heavy atom. The molecule has 1 amide bonds. The Morgan fingerprint density at radius 2 is 2.17 bits per heavy atom. The maximum absolute atomic E-state index is 12.9. The average molecular weight is 346 g/mol. The molecule has 2 heterocycles. The van der Waals surface area contributed by atoms with Crippen molar-refractivity contribution < 1.29 is 9.32 Å². The van der Waals surface area contributed by atoms with Crippen LogP contribution in [-0.4, -0.2) is 22.6 Å². The molecule has 1 aliphatic heterocycles. The van der Waals surface area contributed by atoms with Crippen molar-refractivity contribution in [3.63, 3.8) is 0 Å². The minimum absolute atomic E-state index is 0.0731. The third-order valence-corrected chi connectivity index (χ3v) is 5.58. The summed E-state index contributed by atoms with van der Waals surface area (Å²) in [5, 5.41) is 4.43. The molecule has 1 aliphatic carbocycles. The number of amides is 1. The molecule has 1 fully saturated rings. The highest BCUT2D eigenvalue weighted by Crippen LogP contribution is 2.52. The van der Waals surface area contributed by atoms with Gasteiger partial charge in [0, 0.05) is 24.8 Å². The summed E-state index contributed by atoms with van der Waals surface area (Å²) in [5.41, 5.74) is 2.25. The number of hydrogen-bond acceptors (Lipinski definition) is 4. The van der Waals surface area contributed by atoms with Crippen LogP contribution in [0.1, 0.15) is 49.4 Å². The van der Waals surface area contributed by atoms with Crippen LogP contribution in [0.2, 0.25) is 5.02 Å². The van der Waals surface area contributed by atoms with Gasteiger partial charge in [-0.2, -0.15) is 4.98 Å². The molecule has 0 N–H and O–H groups in total. The quantitative estimate of drug-likeness (QED) is 0.848. The molecule has 1 aromatic carbocycles. The number of fused-ring (bicyclic) bond motifs is 2. The molecule has 1 aromatic heterocycles. The van der Waals surface area contributed by atoms with Crippen molar-refractivity contribution in [1.29, 1.82) is 0 Å². The van der Waals surface area contributed by atoms with Gasteiger partial charge in [-0.3, -0.25) is 4.79 Å². The van der Waals surface area contributed by atoms with Crippen molar-refractivity contribution in [2.24, 2.45) is 0 Å². The van der Waals surface area contributed by atoms with Gasteiger partial charge in [0.1, 0.15) is 0 Å². The Kier molecular flexibility index (Phi) is 3.83. The molecule has 2 aliphatic rings. The first-order valence-electron chi connectivity index (χ1n) is 8.48. The maximum atomic E-state index is 12.9. The number of carbonyl (C=O) groups is 1. The van der Waals surface area contributed by atoms with Crippen LogP contribution in [0, 0.1) is 6.92 Å². The lowest BCUT2D eigenvalue weighted by Crippen LogP contribution is -2.35. The monoisotopic (exact) mass is 345 g/mol. The van der Waals surface area contributed by atoms with E-state index in [-0.39, 0.29) is 11.3 Å². The van der Waals surface area contributed by atoms with E-state index in [1.807, 2.05) is 17.0 Å².